The lowest BCUT2D eigenvalue weighted by Gasteiger charge is -2.28. The monoisotopic (exact) mass is 521 g/mol. The third-order valence-electron chi connectivity index (χ3n) is 6.19. The Morgan fingerprint density at radius 2 is 1.83 bits per heavy atom. The van der Waals surface area contributed by atoms with E-state index >= 15 is 0 Å². The van der Waals surface area contributed by atoms with Gasteiger partial charge in [0.05, 0.1) is 49.6 Å². The Bertz CT molecular complexity index is 1190. The van der Waals surface area contributed by atoms with Crippen molar-refractivity contribution in [3.63, 3.8) is 0 Å². The summed E-state index contributed by atoms with van der Waals surface area (Å²) in [6.45, 7) is 0.777. The number of carbonyl (C=O) groups excluding carboxylic acids is 2. The second-order valence-corrected chi connectivity index (χ2v) is 8.90. The molecule has 2 aliphatic heterocycles. The molecule has 1 amide bonds. The van der Waals surface area contributed by atoms with Crippen molar-refractivity contribution < 1.29 is 33.6 Å². The van der Waals surface area contributed by atoms with Crippen molar-refractivity contribution in [2.75, 3.05) is 34.5 Å². The number of amides is 1. The van der Waals surface area contributed by atoms with Crippen LogP contribution in [0, 0.1) is 0 Å². The molecule has 2 aliphatic rings. The van der Waals surface area contributed by atoms with Gasteiger partial charge in [-0.1, -0.05) is 41.4 Å². The zero-order valence-electron chi connectivity index (χ0n) is 19.5. The van der Waals surface area contributed by atoms with Gasteiger partial charge in [0, 0.05) is 18.7 Å². The van der Waals surface area contributed by atoms with Crippen molar-refractivity contribution in [1.29, 1.82) is 0 Å². The molecule has 0 bridgehead atoms. The molecule has 2 saturated heterocycles. The molecule has 186 valence electrons. The first-order valence-electron chi connectivity index (χ1n) is 11.0. The number of Topliss-reactive ketones (excluding diaryl/α,β-unsaturated/α-hetero) is 1. The summed E-state index contributed by atoms with van der Waals surface area (Å²) in [5, 5.41) is 11.6. The molecule has 2 atom stereocenters. The van der Waals surface area contributed by atoms with Gasteiger partial charge in [0.15, 0.2) is 11.5 Å². The van der Waals surface area contributed by atoms with Crippen LogP contribution in [-0.4, -0.2) is 62.3 Å². The van der Waals surface area contributed by atoms with E-state index in [0.717, 1.165) is 12.8 Å². The van der Waals surface area contributed by atoms with Crippen LogP contribution in [-0.2, 0) is 14.3 Å². The standard InChI is InChI=1S/C25H25Cl2NO7/c1-32-17-9-5-4-8-14(17)20-18(22(30)25(31)28(20)12-13-7-6-10-35-13)21(29)15-11-16(26)24(34-3)19(27)23(15)33-2/h4-5,8-9,11,13,20,29H,6-7,10,12H2,1-3H3/b21-18+. The van der Waals surface area contributed by atoms with Crippen molar-refractivity contribution in [3.8, 4) is 17.2 Å². The molecule has 2 aromatic carbocycles. The number of para-hydroxylation sites is 1. The maximum Gasteiger partial charge on any atom is 0.295 e. The molecular formula is C25H25Cl2NO7. The van der Waals surface area contributed by atoms with Gasteiger partial charge in [-0.25, -0.2) is 0 Å². The van der Waals surface area contributed by atoms with Crippen molar-refractivity contribution in [3.05, 3.63) is 57.1 Å². The summed E-state index contributed by atoms with van der Waals surface area (Å²) >= 11 is 12.7. The Balaban J connectivity index is 1.95. The number of ether oxygens (including phenoxy) is 4. The zero-order chi connectivity index (χ0) is 25.3. The maximum atomic E-state index is 13.4. The minimum absolute atomic E-state index is 0.0199. The first-order chi connectivity index (χ1) is 16.8. The third-order valence-corrected chi connectivity index (χ3v) is 6.82. The van der Waals surface area contributed by atoms with Gasteiger partial charge < -0.3 is 29.0 Å². The highest BCUT2D eigenvalue weighted by atomic mass is 35.5. The van der Waals surface area contributed by atoms with Crippen molar-refractivity contribution >= 4 is 40.7 Å². The van der Waals surface area contributed by atoms with Gasteiger partial charge in [0.2, 0.25) is 0 Å². The SMILES string of the molecule is COc1ccccc1C1/C(=C(\O)c2cc(Cl)c(OC)c(Cl)c2OC)C(=O)C(=O)N1CC1CCCO1. The molecule has 1 N–H and O–H groups in total. The number of benzene rings is 2. The number of hydrogen-bond acceptors (Lipinski definition) is 7. The van der Waals surface area contributed by atoms with E-state index in [1.54, 1.807) is 24.3 Å². The second-order valence-electron chi connectivity index (χ2n) is 8.11. The smallest absolute Gasteiger partial charge is 0.295 e. The molecule has 35 heavy (non-hydrogen) atoms. The molecule has 2 heterocycles. The van der Waals surface area contributed by atoms with Crippen LogP contribution >= 0.6 is 23.2 Å². The number of ketones is 1. The highest BCUT2D eigenvalue weighted by molar-refractivity contribution is 6.47. The van der Waals surface area contributed by atoms with Crippen LogP contribution in [0.2, 0.25) is 10.0 Å². The highest BCUT2D eigenvalue weighted by Crippen LogP contribution is 2.48. The number of nitrogens with zero attached hydrogens (tertiary/aromatic N) is 1. The summed E-state index contributed by atoms with van der Waals surface area (Å²) < 4.78 is 21.9. The molecule has 4 rings (SSSR count). The number of aliphatic hydroxyl groups is 1. The number of likely N-dealkylation sites (tertiary alicyclic amines) is 1. The average molecular weight is 522 g/mol. The van der Waals surface area contributed by atoms with Gasteiger partial charge in [-0.05, 0) is 25.0 Å². The Hall–Kier alpha value is -2.94. The lowest BCUT2D eigenvalue weighted by atomic mass is 9.94. The fourth-order valence-corrected chi connectivity index (χ4v) is 5.27. The lowest BCUT2D eigenvalue weighted by molar-refractivity contribution is -0.140. The topological polar surface area (TPSA) is 94.5 Å². The predicted octanol–water partition coefficient (Wildman–Crippen LogP) is 4.62. The predicted molar refractivity (Wildman–Crippen MR) is 131 cm³/mol. The second kappa shape index (κ2) is 10.4. The number of methoxy groups -OCH3 is 3. The first kappa shape index (κ1) is 25.2. The van der Waals surface area contributed by atoms with E-state index in [2.05, 4.69) is 0 Å². The molecule has 2 aromatic rings. The summed E-state index contributed by atoms with van der Waals surface area (Å²) in [7, 11) is 4.25. The molecule has 0 spiro atoms. The van der Waals surface area contributed by atoms with E-state index in [0.29, 0.717) is 17.9 Å². The van der Waals surface area contributed by atoms with Gasteiger partial charge >= 0.3 is 0 Å². The first-order valence-corrected chi connectivity index (χ1v) is 11.7. The quantitative estimate of drug-likeness (QED) is 0.322. The van der Waals surface area contributed by atoms with E-state index in [4.69, 9.17) is 42.1 Å². The summed E-state index contributed by atoms with van der Waals surface area (Å²) in [5.74, 6) is -1.40. The third kappa shape index (κ3) is 4.42. The fraction of sp³-hybridized carbons (Fsp3) is 0.360. The van der Waals surface area contributed by atoms with Crippen molar-refractivity contribution in [2.45, 2.75) is 25.0 Å². The van der Waals surface area contributed by atoms with E-state index < -0.39 is 23.5 Å². The van der Waals surface area contributed by atoms with E-state index in [-0.39, 0.29) is 45.3 Å². The summed E-state index contributed by atoms with van der Waals surface area (Å²) in [6, 6.07) is 7.47. The molecule has 2 fully saturated rings. The average Bonchev–Trinajstić information content (AvgIpc) is 3.46. The van der Waals surface area contributed by atoms with Crippen LogP contribution in [0.25, 0.3) is 5.76 Å². The van der Waals surface area contributed by atoms with Gasteiger partial charge in [-0.15, -0.1) is 0 Å². The lowest BCUT2D eigenvalue weighted by Crippen LogP contribution is -2.36. The Morgan fingerprint density at radius 1 is 1.11 bits per heavy atom. The molecule has 0 radical (unpaired) electrons. The fourth-order valence-electron chi connectivity index (χ4n) is 4.58. The molecule has 2 unspecified atom stereocenters. The van der Waals surface area contributed by atoms with Gasteiger partial charge in [0.25, 0.3) is 11.7 Å². The summed E-state index contributed by atoms with van der Waals surface area (Å²) in [4.78, 5) is 28.0. The minimum Gasteiger partial charge on any atom is -0.507 e. The Morgan fingerprint density at radius 3 is 2.46 bits per heavy atom. The van der Waals surface area contributed by atoms with Crippen molar-refractivity contribution in [2.24, 2.45) is 0 Å². The number of carbonyl (C=O) groups is 2. The molecule has 8 nitrogen and oxygen atoms in total. The molecule has 0 aromatic heterocycles. The molecule has 0 saturated carbocycles. The van der Waals surface area contributed by atoms with E-state index in [1.807, 2.05) is 0 Å². The summed E-state index contributed by atoms with van der Waals surface area (Å²) in [5.41, 5.74) is 0.463. The van der Waals surface area contributed by atoms with Crippen LogP contribution in [0.3, 0.4) is 0 Å². The van der Waals surface area contributed by atoms with Crippen LogP contribution in [0.5, 0.6) is 17.2 Å². The number of rotatable bonds is 7. The molecular weight excluding hydrogens is 497 g/mol. The Labute approximate surface area is 212 Å². The van der Waals surface area contributed by atoms with Crippen LogP contribution in [0.4, 0.5) is 0 Å². The Kier molecular flexibility index (Phi) is 7.44. The highest BCUT2D eigenvalue weighted by Gasteiger charge is 2.48. The molecule has 0 aliphatic carbocycles. The van der Waals surface area contributed by atoms with E-state index in [9.17, 15) is 14.7 Å². The number of halogens is 2. The number of aliphatic hydroxyl groups excluding tert-OH is 1. The minimum atomic E-state index is -0.931. The van der Waals surface area contributed by atoms with E-state index in [1.165, 1.54) is 32.3 Å². The zero-order valence-corrected chi connectivity index (χ0v) is 21.0. The van der Waals surface area contributed by atoms with Crippen LogP contribution in [0.1, 0.15) is 30.0 Å². The maximum absolute atomic E-state index is 13.4. The van der Waals surface area contributed by atoms with Crippen molar-refractivity contribution in [1.82, 2.24) is 4.90 Å². The number of hydrogen-bond donors (Lipinski definition) is 1. The summed E-state index contributed by atoms with van der Waals surface area (Å²) in [6.07, 6.45) is 1.41. The van der Waals surface area contributed by atoms with Crippen LogP contribution < -0.4 is 14.2 Å². The van der Waals surface area contributed by atoms with Gasteiger partial charge in [0.1, 0.15) is 16.5 Å². The van der Waals surface area contributed by atoms with Crippen LogP contribution in [0.15, 0.2) is 35.9 Å². The largest absolute Gasteiger partial charge is 0.507 e. The van der Waals surface area contributed by atoms with Gasteiger partial charge in [-0.3, -0.25) is 9.59 Å². The van der Waals surface area contributed by atoms with Gasteiger partial charge in [-0.2, -0.15) is 0 Å². The molecule has 10 heteroatoms. The normalized spacial score (nSPS) is 21.5.